The van der Waals surface area contributed by atoms with E-state index in [1.165, 1.54) is 24.7 Å². The van der Waals surface area contributed by atoms with Crippen molar-refractivity contribution in [2.75, 3.05) is 6.61 Å². The monoisotopic (exact) mass is 304 g/mol. The molecule has 1 unspecified atom stereocenters. The zero-order valence-corrected chi connectivity index (χ0v) is 12.1. The number of aromatic nitrogens is 1. The topological polar surface area (TPSA) is 115 Å². The molecule has 0 aliphatic carbocycles. The average molecular weight is 304 g/mol. The van der Waals surface area contributed by atoms with Crippen molar-refractivity contribution in [3.63, 3.8) is 0 Å². The number of ether oxygens (including phenoxy) is 1. The van der Waals surface area contributed by atoms with Gasteiger partial charge < -0.3 is 14.4 Å². The third-order valence-corrected chi connectivity index (χ3v) is 3.98. The molecule has 0 saturated carbocycles. The van der Waals surface area contributed by atoms with Crippen molar-refractivity contribution in [2.24, 2.45) is 7.05 Å². The molecule has 2 N–H and O–H groups in total. The average Bonchev–Trinajstić information content (AvgIpc) is 2.71. The fourth-order valence-corrected chi connectivity index (χ4v) is 2.71. The number of hydrogen-bond acceptors (Lipinski definition) is 5. The molecule has 20 heavy (non-hydrogen) atoms. The third kappa shape index (κ3) is 3.58. The van der Waals surface area contributed by atoms with Crippen molar-refractivity contribution in [3.8, 4) is 0 Å². The van der Waals surface area contributed by atoms with Crippen LogP contribution in [0.3, 0.4) is 0 Å². The van der Waals surface area contributed by atoms with Gasteiger partial charge in [0.25, 0.3) is 0 Å². The number of hydrogen-bond donors (Lipinski definition) is 2. The molecule has 1 rings (SSSR count). The Bertz CT molecular complexity index is 619. The lowest BCUT2D eigenvalue weighted by molar-refractivity contribution is -0.138. The molecule has 1 aromatic rings. The van der Waals surface area contributed by atoms with Crippen LogP contribution in [0.1, 0.15) is 24.3 Å². The van der Waals surface area contributed by atoms with Crippen molar-refractivity contribution in [1.82, 2.24) is 9.29 Å². The van der Waals surface area contributed by atoms with Crippen LogP contribution in [-0.4, -0.2) is 42.7 Å². The summed E-state index contributed by atoms with van der Waals surface area (Å²) < 4.78 is 32.0. The van der Waals surface area contributed by atoms with Crippen LogP contribution in [0.5, 0.6) is 0 Å². The number of carbonyl (C=O) groups is 2. The lowest BCUT2D eigenvalue weighted by atomic mass is 10.4. The summed E-state index contributed by atoms with van der Waals surface area (Å²) in [5.41, 5.74) is 0.0650. The number of aliphatic carboxylic acids is 1. The second kappa shape index (κ2) is 6.06. The Morgan fingerprint density at radius 3 is 2.60 bits per heavy atom. The molecule has 112 valence electrons. The second-order valence-electron chi connectivity index (χ2n) is 4.07. The van der Waals surface area contributed by atoms with E-state index in [-0.39, 0.29) is 17.2 Å². The second-order valence-corrected chi connectivity index (χ2v) is 5.79. The quantitative estimate of drug-likeness (QED) is 0.712. The lowest BCUT2D eigenvalue weighted by Gasteiger charge is -2.08. The molecule has 8 nitrogen and oxygen atoms in total. The van der Waals surface area contributed by atoms with E-state index in [1.54, 1.807) is 6.92 Å². The number of aryl methyl sites for hydroxylation is 1. The number of esters is 1. The first-order valence-corrected chi connectivity index (χ1v) is 7.26. The van der Waals surface area contributed by atoms with Crippen LogP contribution in [0.25, 0.3) is 0 Å². The fraction of sp³-hybridized carbons (Fsp3) is 0.455. The van der Waals surface area contributed by atoms with E-state index >= 15 is 0 Å². The van der Waals surface area contributed by atoms with Gasteiger partial charge in [-0.1, -0.05) is 0 Å². The summed E-state index contributed by atoms with van der Waals surface area (Å²) in [6.45, 7) is 3.00. The van der Waals surface area contributed by atoms with E-state index in [4.69, 9.17) is 9.84 Å². The van der Waals surface area contributed by atoms with E-state index in [0.717, 1.165) is 6.07 Å². The normalized spacial score (nSPS) is 12.9. The van der Waals surface area contributed by atoms with Crippen molar-refractivity contribution in [2.45, 2.75) is 24.8 Å². The van der Waals surface area contributed by atoms with Crippen LogP contribution >= 0.6 is 0 Å². The van der Waals surface area contributed by atoms with Gasteiger partial charge in [0.2, 0.25) is 10.0 Å². The van der Waals surface area contributed by atoms with Crippen molar-refractivity contribution in [1.29, 1.82) is 0 Å². The molecule has 1 atom stereocenters. The Morgan fingerprint density at radius 2 is 2.10 bits per heavy atom. The van der Waals surface area contributed by atoms with E-state index in [1.807, 2.05) is 4.72 Å². The highest BCUT2D eigenvalue weighted by Crippen LogP contribution is 2.14. The molecule has 9 heteroatoms. The largest absolute Gasteiger partial charge is 0.480 e. The lowest BCUT2D eigenvalue weighted by Crippen LogP contribution is -2.38. The first-order valence-electron chi connectivity index (χ1n) is 5.77. The molecule has 1 heterocycles. The van der Waals surface area contributed by atoms with Gasteiger partial charge in [0, 0.05) is 13.2 Å². The molecule has 0 aliphatic heterocycles. The summed E-state index contributed by atoms with van der Waals surface area (Å²) in [7, 11) is -2.52. The summed E-state index contributed by atoms with van der Waals surface area (Å²) in [5.74, 6) is -1.95. The summed E-state index contributed by atoms with van der Waals surface area (Å²) in [4.78, 5) is 22.1. The van der Waals surface area contributed by atoms with E-state index < -0.39 is 28.0 Å². The van der Waals surface area contributed by atoms with Crippen LogP contribution in [-0.2, 0) is 26.6 Å². The zero-order chi connectivity index (χ0) is 15.5. The number of carboxylic acid groups (broad SMARTS) is 1. The first-order chi connectivity index (χ1) is 9.19. The highest BCUT2D eigenvalue weighted by atomic mass is 32.2. The summed E-state index contributed by atoms with van der Waals surface area (Å²) in [5, 5.41) is 8.70. The molecule has 0 spiro atoms. The van der Waals surface area contributed by atoms with Crippen LogP contribution in [0, 0.1) is 0 Å². The summed E-state index contributed by atoms with van der Waals surface area (Å²) >= 11 is 0. The molecule has 0 saturated heterocycles. The maximum atomic E-state index is 12.0. The summed E-state index contributed by atoms with van der Waals surface area (Å²) in [6, 6.07) is -0.138. The molecule has 1 aromatic heterocycles. The Hall–Kier alpha value is -1.87. The minimum atomic E-state index is -4.01. The zero-order valence-electron chi connectivity index (χ0n) is 11.3. The molecular formula is C11H16N2O6S. The number of nitrogens with one attached hydrogen (secondary N) is 1. The molecule has 0 radical (unpaired) electrons. The smallest absolute Gasteiger partial charge is 0.354 e. The molecule has 0 amide bonds. The fourth-order valence-electron chi connectivity index (χ4n) is 1.44. The van der Waals surface area contributed by atoms with Gasteiger partial charge in [0.15, 0.2) is 0 Å². The van der Waals surface area contributed by atoms with E-state index in [2.05, 4.69) is 0 Å². The third-order valence-electron chi connectivity index (χ3n) is 2.48. The maximum absolute atomic E-state index is 12.0. The van der Waals surface area contributed by atoms with Gasteiger partial charge >= 0.3 is 11.9 Å². The van der Waals surface area contributed by atoms with Gasteiger partial charge in [0.05, 0.1) is 6.61 Å². The minimum Gasteiger partial charge on any atom is -0.480 e. The van der Waals surface area contributed by atoms with Crippen LogP contribution in [0.15, 0.2) is 17.2 Å². The predicted molar refractivity (Wildman–Crippen MR) is 68.8 cm³/mol. The summed E-state index contributed by atoms with van der Waals surface area (Å²) in [6.07, 6.45) is 1.21. The van der Waals surface area contributed by atoms with Gasteiger partial charge in [0.1, 0.15) is 16.6 Å². The van der Waals surface area contributed by atoms with Gasteiger partial charge in [-0.3, -0.25) is 4.79 Å². The van der Waals surface area contributed by atoms with Crippen LogP contribution < -0.4 is 4.72 Å². The highest BCUT2D eigenvalue weighted by molar-refractivity contribution is 7.89. The van der Waals surface area contributed by atoms with Crippen molar-refractivity contribution >= 4 is 22.0 Å². The number of carbonyl (C=O) groups excluding carboxylic acids is 1. The van der Waals surface area contributed by atoms with Crippen LogP contribution in [0.2, 0.25) is 0 Å². The SMILES string of the molecule is CCOC(=O)c1cc(S(=O)(=O)NC(C)C(=O)O)cn1C. The molecule has 0 fully saturated rings. The first kappa shape index (κ1) is 16.2. The predicted octanol–water partition coefficient (Wildman–Crippen LogP) is -0.0468. The maximum Gasteiger partial charge on any atom is 0.354 e. The standard InChI is InChI=1S/C11H16N2O6S/c1-4-19-11(16)9-5-8(6-13(9)3)20(17,18)12-7(2)10(14)15/h5-7,12H,4H2,1-3H3,(H,14,15). The molecule has 0 bridgehead atoms. The van der Waals surface area contributed by atoms with Crippen LogP contribution in [0.4, 0.5) is 0 Å². The molecular weight excluding hydrogens is 288 g/mol. The number of rotatable bonds is 6. The Morgan fingerprint density at radius 1 is 1.50 bits per heavy atom. The van der Waals surface area contributed by atoms with E-state index in [0.29, 0.717) is 0 Å². The Labute approximate surface area is 116 Å². The molecule has 0 aliphatic rings. The number of carboxylic acids is 1. The molecule has 0 aromatic carbocycles. The highest BCUT2D eigenvalue weighted by Gasteiger charge is 2.25. The van der Waals surface area contributed by atoms with Gasteiger partial charge in [-0.15, -0.1) is 0 Å². The van der Waals surface area contributed by atoms with Crippen molar-refractivity contribution in [3.05, 3.63) is 18.0 Å². The van der Waals surface area contributed by atoms with Gasteiger partial charge in [-0.05, 0) is 19.9 Å². The number of nitrogens with zero attached hydrogens (tertiary/aromatic N) is 1. The number of sulfonamides is 1. The Balaban J connectivity index is 3.06. The van der Waals surface area contributed by atoms with E-state index in [9.17, 15) is 18.0 Å². The van der Waals surface area contributed by atoms with Gasteiger partial charge in [-0.25, -0.2) is 13.2 Å². The van der Waals surface area contributed by atoms with Gasteiger partial charge in [-0.2, -0.15) is 4.72 Å². The minimum absolute atomic E-state index is 0.0650. The Kier molecular flexibility index (Phi) is 4.90. The van der Waals surface area contributed by atoms with Crippen molar-refractivity contribution < 1.29 is 27.9 Å².